The number of aromatic nitrogens is 4. The largest absolute Gasteiger partial charge is 0.309 e. The molecule has 4 nitrogen and oxygen atoms in total. The van der Waals surface area contributed by atoms with Gasteiger partial charge in [-0.3, -0.25) is 0 Å². The molecule has 0 saturated carbocycles. The Balaban J connectivity index is 0.00000207. The molecule has 4 heteroatoms. The summed E-state index contributed by atoms with van der Waals surface area (Å²) in [6.45, 7) is 10.7. The van der Waals surface area contributed by atoms with Gasteiger partial charge in [0.05, 0.1) is 33.5 Å². The quantitative estimate of drug-likeness (QED) is 0.163. The number of para-hydroxylation sites is 3. The van der Waals surface area contributed by atoms with Crippen LogP contribution >= 0.6 is 0 Å². The summed E-state index contributed by atoms with van der Waals surface area (Å²) in [4.78, 5) is 10.4. The van der Waals surface area contributed by atoms with Crippen LogP contribution in [-0.4, -0.2) is 19.1 Å². The lowest BCUT2D eigenvalue weighted by molar-refractivity contribution is 0.660. The minimum absolute atomic E-state index is 0.270. The number of hydrogen-bond acceptors (Lipinski definition) is 2. The van der Waals surface area contributed by atoms with E-state index < -0.39 is 0 Å². The Hall–Kier alpha value is -7.82. The highest BCUT2D eigenvalue weighted by atomic mass is 15.0. The molecule has 1 aliphatic carbocycles. The lowest BCUT2D eigenvalue weighted by atomic mass is 9.81. The van der Waals surface area contributed by atoms with E-state index in [4.69, 9.17) is 9.97 Å². The molecule has 8 aromatic carbocycles. The van der Waals surface area contributed by atoms with Crippen LogP contribution in [0.15, 0.2) is 207 Å². The predicted octanol–water partition coefficient (Wildman–Crippen LogP) is 14.8. The third-order valence-electron chi connectivity index (χ3n) is 12.5. The third kappa shape index (κ3) is 5.60. The standard InChI is InChI=1S/C55H38N4.C2H4/c1-55(2)45-32-37(54-56-47(35-16-6-3-7-17-35)34-48(57-54)36-18-8-4-9-19-36)26-28-40(45)41-29-27-39(33-46(41)55)59-49-24-14-12-22-42(49)43-30-31-51-52(53(43)59)44-23-13-15-25-50(44)58(51)38-20-10-5-11-21-38;1-2/h3-34H,1-2H3;1-2H2. The molecule has 0 spiro atoms. The molecular weight excluding hydrogens is 741 g/mol. The van der Waals surface area contributed by atoms with Crippen LogP contribution in [0, 0.1) is 0 Å². The monoisotopic (exact) mass is 782 g/mol. The summed E-state index contributed by atoms with van der Waals surface area (Å²) in [5.74, 6) is 0.726. The molecule has 1 aliphatic rings. The van der Waals surface area contributed by atoms with Crippen molar-refractivity contribution in [3.63, 3.8) is 0 Å². The highest BCUT2D eigenvalue weighted by Crippen LogP contribution is 2.51. The third-order valence-corrected chi connectivity index (χ3v) is 12.5. The van der Waals surface area contributed by atoms with E-state index in [1.165, 1.54) is 65.9 Å². The number of fused-ring (bicyclic) bond motifs is 10. The van der Waals surface area contributed by atoms with Crippen LogP contribution < -0.4 is 0 Å². The van der Waals surface area contributed by atoms with Crippen LogP contribution in [0.4, 0.5) is 0 Å². The average Bonchev–Trinajstić information content (AvgIpc) is 3.93. The van der Waals surface area contributed by atoms with Gasteiger partial charge in [0, 0.05) is 55.0 Å². The maximum Gasteiger partial charge on any atom is 0.160 e. The molecule has 0 unspecified atom stereocenters. The second-order valence-electron chi connectivity index (χ2n) is 16.2. The molecular formula is C57H42N4. The van der Waals surface area contributed by atoms with Crippen molar-refractivity contribution in [1.29, 1.82) is 0 Å². The molecule has 0 amide bonds. The van der Waals surface area contributed by atoms with Gasteiger partial charge in [0.15, 0.2) is 5.82 Å². The number of hydrogen-bond donors (Lipinski definition) is 0. The fraction of sp³-hybridized carbons (Fsp3) is 0.0526. The highest BCUT2D eigenvalue weighted by Gasteiger charge is 2.36. The Morgan fingerprint density at radius 2 is 0.951 bits per heavy atom. The summed E-state index contributed by atoms with van der Waals surface area (Å²) in [5, 5.41) is 5.01. The smallest absolute Gasteiger partial charge is 0.160 e. The van der Waals surface area contributed by atoms with E-state index in [1.807, 2.05) is 12.1 Å². The van der Waals surface area contributed by atoms with Gasteiger partial charge < -0.3 is 9.13 Å². The van der Waals surface area contributed by atoms with Gasteiger partial charge in [-0.2, -0.15) is 0 Å². The maximum absolute atomic E-state index is 5.18. The molecule has 3 heterocycles. The molecule has 0 fully saturated rings. The molecule has 0 saturated heterocycles. The van der Waals surface area contributed by atoms with Crippen molar-refractivity contribution in [2.24, 2.45) is 0 Å². The van der Waals surface area contributed by atoms with Crippen molar-refractivity contribution in [2.75, 3.05) is 0 Å². The first-order valence-electron chi connectivity index (χ1n) is 20.8. The van der Waals surface area contributed by atoms with Crippen molar-refractivity contribution in [3.05, 3.63) is 218 Å². The van der Waals surface area contributed by atoms with Crippen molar-refractivity contribution in [3.8, 4) is 56.4 Å². The summed E-state index contributed by atoms with van der Waals surface area (Å²) in [5.41, 5.74) is 17.0. The SMILES string of the molecule is C=C.CC1(C)c2cc(-c3nc(-c4ccccc4)cc(-c4ccccc4)n3)ccc2-c2ccc(-n3c4ccccc4c4ccc5c(c6ccccc6n5-c5ccccc5)c43)cc21. The second-order valence-corrected chi connectivity index (χ2v) is 16.2. The predicted molar refractivity (Wildman–Crippen MR) is 256 cm³/mol. The van der Waals surface area contributed by atoms with Gasteiger partial charge in [0.2, 0.25) is 0 Å². The minimum Gasteiger partial charge on any atom is -0.309 e. The second kappa shape index (κ2) is 14.2. The number of nitrogens with zero attached hydrogens (tertiary/aromatic N) is 4. The van der Waals surface area contributed by atoms with Crippen LogP contribution in [0.1, 0.15) is 25.0 Å². The Labute approximate surface area is 355 Å². The van der Waals surface area contributed by atoms with Gasteiger partial charge in [0.25, 0.3) is 0 Å². The van der Waals surface area contributed by atoms with E-state index in [-0.39, 0.29) is 5.41 Å². The van der Waals surface area contributed by atoms with E-state index in [1.54, 1.807) is 0 Å². The Bertz CT molecular complexity index is 3410. The van der Waals surface area contributed by atoms with Crippen molar-refractivity contribution < 1.29 is 0 Å². The van der Waals surface area contributed by atoms with Crippen molar-refractivity contribution in [1.82, 2.24) is 19.1 Å². The van der Waals surface area contributed by atoms with E-state index in [9.17, 15) is 0 Å². The van der Waals surface area contributed by atoms with Crippen LogP contribution in [0.5, 0.6) is 0 Å². The zero-order chi connectivity index (χ0) is 41.2. The molecule has 290 valence electrons. The first-order valence-corrected chi connectivity index (χ1v) is 20.8. The Morgan fingerprint density at radius 1 is 0.410 bits per heavy atom. The molecule has 0 bridgehead atoms. The first kappa shape index (κ1) is 36.3. The topological polar surface area (TPSA) is 35.6 Å². The van der Waals surface area contributed by atoms with E-state index in [0.717, 1.165) is 45.3 Å². The zero-order valence-electron chi connectivity index (χ0n) is 34.2. The lowest BCUT2D eigenvalue weighted by Crippen LogP contribution is -2.15. The first-order chi connectivity index (χ1) is 30.0. The molecule has 3 aromatic heterocycles. The van der Waals surface area contributed by atoms with Gasteiger partial charge in [0.1, 0.15) is 0 Å². The van der Waals surface area contributed by atoms with E-state index in [0.29, 0.717) is 0 Å². The van der Waals surface area contributed by atoms with Gasteiger partial charge in [-0.15, -0.1) is 13.2 Å². The number of benzene rings is 8. The van der Waals surface area contributed by atoms with Crippen LogP contribution in [0.3, 0.4) is 0 Å². The van der Waals surface area contributed by atoms with E-state index >= 15 is 0 Å². The van der Waals surface area contributed by atoms with Crippen molar-refractivity contribution in [2.45, 2.75) is 19.3 Å². The van der Waals surface area contributed by atoms with Gasteiger partial charge >= 0.3 is 0 Å². The Morgan fingerprint density at radius 3 is 1.61 bits per heavy atom. The van der Waals surface area contributed by atoms with Crippen LogP contribution in [-0.2, 0) is 5.41 Å². The van der Waals surface area contributed by atoms with Crippen LogP contribution in [0.25, 0.3) is 100 Å². The normalized spacial score (nSPS) is 12.7. The minimum atomic E-state index is -0.270. The molecule has 11 aromatic rings. The van der Waals surface area contributed by atoms with Gasteiger partial charge in [-0.05, 0) is 76.9 Å². The summed E-state index contributed by atoms with van der Waals surface area (Å²) < 4.78 is 4.92. The zero-order valence-corrected chi connectivity index (χ0v) is 34.2. The Kier molecular flexibility index (Phi) is 8.43. The molecule has 0 aliphatic heterocycles. The van der Waals surface area contributed by atoms with Crippen molar-refractivity contribution >= 4 is 43.6 Å². The number of rotatable bonds is 5. The maximum atomic E-state index is 5.18. The molecule has 0 N–H and O–H groups in total. The lowest BCUT2D eigenvalue weighted by Gasteiger charge is -2.23. The summed E-state index contributed by atoms with van der Waals surface area (Å²) in [7, 11) is 0. The van der Waals surface area contributed by atoms with Crippen LogP contribution in [0.2, 0.25) is 0 Å². The van der Waals surface area contributed by atoms with Gasteiger partial charge in [-0.25, -0.2) is 9.97 Å². The fourth-order valence-corrected chi connectivity index (χ4v) is 9.73. The average molecular weight is 783 g/mol. The summed E-state index contributed by atoms with van der Waals surface area (Å²) in [6.07, 6.45) is 0. The fourth-order valence-electron chi connectivity index (χ4n) is 9.73. The summed E-state index contributed by atoms with van der Waals surface area (Å²) in [6, 6.07) is 69.9. The summed E-state index contributed by atoms with van der Waals surface area (Å²) >= 11 is 0. The molecule has 12 rings (SSSR count). The van der Waals surface area contributed by atoms with E-state index in [2.05, 4.69) is 218 Å². The van der Waals surface area contributed by atoms with Gasteiger partial charge in [-0.1, -0.05) is 153 Å². The highest BCUT2D eigenvalue weighted by molar-refractivity contribution is 6.26. The molecule has 0 atom stereocenters. The molecule has 61 heavy (non-hydrogen) atoms. The molecule has 0 radical (unpaired) electrons.